The number of aliphatic hydroxyl groups excluding tert-OH is 1. The fraction of sp³-hybridized carbons (Fsp3) is 0.375. The van der Waals surface area contributed by atoms with Gasteiger partial charge in [-0.05, 0) is 30.3 Å². The van der Waals surface area contributed by atoms with Gasteiger partial charge >= 0.3 is 0 Å². The molecule has 1 saturated heterocycles. The van der Waals surface area contributed by atoms with Crippen LogP contribution in [-0.2, 0) is 16.6 Å². The summed E-state index contributed by atoms with van der Waals surface area (Å²) in [7, 11) is 3.77. The Balaban J connectivity index is 1.59. The van der Waals surface area contributed by atoms with Crippen LogP contribution in [0.5, 0.6) is 5.75 Å². The van der Waals surface area contributed by atoms with Crippen LogP contribution >= 0.6 is 0 Å². The molecular weight excluding hydrogens is 378 g/mol. The van der Waals surface area contributed by atoms with Gasteiger partial charge in [-0.1, -0.05) is 30.3 Å². The van der Waals surface area contributed by atoms with Crippen molar-refractivity contribution < 1.29 is 14.6 Å². The Bertz CT molecular complexity index is 1090. The lowest BCUT2D eigenvalue weighted by atomic mass is 9.69. The van der Waals surface area contributed by atoms with Gasteiger partial charge in [-0.3, -0.25) is 4.79 Å². The van der Waals surface area contributed by atoms with E-state index in [1.807, 2.05) is 47.4 Å². The first-order chi connectivity index (χ1) is 14.5. The number of nitrogens with one attached hydrogen (secondary N) is 1. The number of ether oxygens (including phenoxy) is 1. The smallest absolute Gasteiger partial charge is 0.227 e. The lowest BCUT2D eigenvalue weighted by molar-refractivity contribution is -0.138. The Morgan fingerprint density at radius 3 is 2.63 bits per heavy atom. The average molecular weight is 405 g/mol. The van der Waals surface area contributed by atoms with Gasteiger partial charge in [0.1, 0.15) is 5.75 Å². The maximum absolute atomic E-state index is 13.3. The van der Waals surface area contributed by atoms with Crippen molar-refractivity contribution in [3.63, 3.8) is 0 Å². The second kappa shape index (κ2) is 7.15. The van der Waals surface area contributed by atoms with E-state index in [2.05, 4.69) is 23.0 Å². The molecule has 3 heterocycles. The maximum atomic E-state index is 13.3. The third-order valence-corrected chi connectivity index (χ3v) is 6.58. The number of likely N-dealkylation sites (tertiary alicyclic amines) is 1. The summed E-state index contributed by atoms with van der Waals surface area (Å²) in [5.74, 6) is 0.842. The van der Waals surface area contributed by atoms with Crippen LogP contribution in [0, 0.1) is 0 Å². The normalized spacial score (nSPS) is 20.2. The molecule has 0 aliphatic carbocycles. The van der Waals surface area contributed by atoms with E-state index < -0.39 is 0 Å². The lowest BCUT2D eigenvalue weighted by Gasteiger charge is -2.55. The van der Waals surface area contributed by atoms with Gasteiger partial charge in [-0.2, -0.15) is 0 Å². The van der Waals surface area contributed by atoms with Crippen molar-refractivity contribution in [3.05, 3.63) is 65.4 Å². The van der Waals surface area contributed by atoms with Crippen LogP contribution in [0.25, 0.3) is 10.9 Å². The summed E-state index contributed by atoms with van der Waals surface area (Å²) < 4.78 is 5.40. The molecule has 2 aliphatic rings. The zero-order valence-electron chi connectivity index (χ0n) is 17.4. The fourth-order valence-electron chi connectivity index (χ4n) is 5.39. The molecule has 0 bridgehead atoms. The van der Waals surface area contributed by atoms with Gasteiger partial charge in [-0.25, -0.2) is 0 Å². The molecule has 0 saturated carbocycles. The van der Waals surface area contributed by atoms with E-state index in [-0.39, 0.29) is 24.0 Å². The SMILES string of the molecule is COc1ccc2c3c([nH]c2c1)[C@H](CO)N(C(=O)Cc1ccccc1)CC31CN(C)C1. The molecule has 156 valence electrons. The van der Waals surface area contributed by atoms with Gasteiger partial charge in [0, 0.05) is 47.7 Å². The van der Waals surface area contributed by atoms with Crippen LogP contribution in [0.2, 0.25) is 0 Å². The number of H-pyrrole nitrogens is 1. The minimum atomic E-state index is -0.369. The number of carbonyl (C=O) groups excluding carboxylic acids is 1. The number of aromatic nitrogens is 1. The molecule has 6 nitrogen and oxygen atoms in total. The molecule has 1 aromatic heterocycles. The number of aromatic amines is 1. The number of rotatable bonds is 4. The van der Waals surface area contributed by atoms with Crippen molar-refractivity contribution in [2.24, 2.45) is 0 Å². The number of hydrogen-bond donors (Lipinski definition) is 2. The molecule has 1 amide bonds. The van der Waals surface area contributed by atoms with Gasteiger partial charge in [0.15, 0.2) is 0 Å². The number of nitrogens with zero attached hydrogens (tertiary/aromatic N) is 2. The number of methoxy groups -OCH3 is 1. The minimum absolute atomic E-state index is 0.0519. The van der Waals surface area contributed by atoms with Gasteiger partial charge < -0.3 is 24.6 Å². The third-order valence-electron chi connectivity index (χ3n) is 6.58. The van der Waals surface area contributed by atoms with Crippen LogP contribution in [0.3, 0.4) is 0 Å². The summed E-state index contributed by atoms with van der Waals surface area (Å²) in [6.07, 6.45) is 0.340. The van der Waals surface area contributed by atoms with Crippen molar-refractivity contribution >= 4 is 16.8 Å². The predicted molar refractivity (Wildman–Crippen MR) is 116 cm³/mol. The van der Waals surface area contributed by atoms with Crippen molar-refractivity contribution in [3.8, 4) is 5.75 Å². The number of aliphatic hydroxyl groups is 1. The fourth-order valence-corrected chi connectivity index (χ4v) is 5.39. The van der Waals surface area contributed by atoms with E-state index in [4.69, 9.17) is 4.74 Å². The van der Waals surface area contributed by atoms with Crippen molar-refractivity contribution in [2.45, 2.75) is 17.9 Å². The Labute approximate surface area is 176 Å². The quantitative estimate of drug-likeness (QED) is 0.700. The Hall–Kier alpha value is -2.83. The van der Waals surface area contributed by atoms with Gasteiger partial charge in [0.05, 0.1) is 26.2 Å². The summed E-state index contributed by atoms with van der Waals surface area (Å²) in [4.78, 5) is 21.0. The monoisotopic (exact) mass is 405 g/mol. The third kappa shape index (κ3) is 2.90. The van der Waals surface area contributed by atoms with Gasteiger partial charge in [-0.15, -0.1) is 0 Å². The van der Waals surface area contributed by atoms with E-state index in [9.17, 15) is 9.90 Å². The second-order valence-electron chi connectivity index (χ2n) is 8.66. The molecule has 1 spiro atoms. The minimum Gasteiger partial charge on any atom is -0.497 e. The van der Waals surface area contributed by atoms with Crippen molar-refractivity contribution in [1.29, 1.82) is 0 Å². The molecular formula is C24H27N3O3. The highest BCUT2D eigenvalue weighted by Crippen LogP contribution is 2.48. The molecule has 1 atom stereocenters. The molecule has 30 heavy (non-hydrogen) atoms. The summed E-state index contributed by atoms with van der Waals surface area (Å²) in [5.41, 5.74) is 4.08. The van der Waals surface area contributed by atoms with Crippen molar-refractivity contribution in [2.75, 3.05) is 40.4 Å². The highest BCUT2D eigenvalue weighted by atomic mass is 16.5. The van der Waals surface area contributed by atoms with Crippen LogP contribution in [0.4, 0.5) is 0 Å². The van der Waals surface area contributed by atoms with Crippen LogP contribution in [0.1, 0.15) is 22.9 Å². The largest absolute Gasteiger partial charge is 0.497 e. The summed E-state index contributed by atoms with van der Waals surface area (Å²) in [5, 5.41) is 11.5. The summed E-state index contributed by atoms with van der Waals surface area (Å²) in [6.45, 7) is 2.31. The lowest BCUT2D eigenvalue weighted by Crippen LogP contribution is -2.66. The number of hydrogen-bond acceptors (Lipinski definition) is 4. The zero-order valence-corrected chi connectivity index (χ0v) is 17.4. The number of carbonyl (C=O) groups is 1. The van der Waals surface area contributed by atoms with E-state index in [0.29, 0.717) is 13.0 Å². The molecule has 2 aliphatic heterocycles. The Kier molecular flexibility index (Phi) is 4.56. The summed E-state index contributed by atoms with van der Waals surface area (Å²) >= 11 is 0. The van der Waals surface area contributed by atoms with Crippen molar-refractivity contribution in [1.82, 2.24) is 14.8 Å². The Morgan fingerprint density at radius 1 is 1.20 bits per heavy atom. The topological polar surface area (TPSA) is 68.8 Å². The molecule has 2 N–H and O–H groups in total. The maximum Gasteiger partial charge on any atom is 0.227 e. The van der Waals surface area contributed by atoms with Crippen LogP contribution in [0.15, 0.2) is 48.5 Å². The van der Waals surface area contributed by atoms with Gasteiger partial charge in [0.25, 0.3) is 0 Å². The number of benzene rings is 2. The van der Waals surface area contributed by atoms with Gasteiger partial charge in [0.2, 0.25) is 5.91 Å². The molecule has 1 fully saturated rings. The molecule has 5 rings (SSSR count). The van der Waals surface area contributed by atoms with E-state index in [1.54, 1.807) is 7.11 Å². The van der Waals surface area contributed by atoms with E-state index in [0.717, 1.165) is 41.0 Å². The van der Waals surface area contributed by atoms with Crippen LogP contribution < -0.4 is 4.74 Å². The Morgan fingerprint density at radius 2 is 1.97 bits per heavy atom. The van der Waals surface area contributed by atoms with E-state index in [1.165, 1.54) is 5.56 Å². The second-order valence-corrected chi connectivity index (χ2v) is 8.66. The molecule has 2 aromatic carbocycles. The standard InChI is InChI=1S/C24H27N3O3/c1-26-13-24(14-26)15-27(21(29)10-16-6-4-3-5-7-16)20(12-28)23-22(24)18-9-8-17(30-2)11-19(18)25-23/h3-9,11,20,25,28H,10,12-15H2,1-2H3/t20-/m0/s1. The predicted octanol–water partition coefficient (Wildman–Crippen LogP) is 2.48. The molecule has 6 heteroatoms. The zero-order chi connectivity index (χ0) is 20.9. The summed E-state index contributed by atoms with van der Waals surface area (Å²) in [6, 6.07) is 15.5. The molecule has 0 unspecified atom stereocenters. The first-order valence-electron chi connectivity index (χ1n) is 10.4. The molecule has 0 radical (unpaired) electrons. The highest BCUT2D eigenvalue weighted by molar-refractivity contribution is 5.89. The van der Waals surface area contributed by atoms with E-state index >= 15 is 0 Å². The number of amides is 1. The number of fused-ring (bicyclic) bond motifs is 4. The first-order valence-corrected chi connectivity index (χ1v) is 10.4. The van der Waals surface area contributed by atoms with Crippen LogP contribution in [-0.4, -0.2) is 66.2 Å². The molecule has 3 aromatic rings. The first kappa shape index (κ1) is 19.2. The number of likely N-dealkylation sites (N-methyl/N-ethyl adjacent to an activating group) is 1. The average Bonchev–Trinajstić information content (AvgIpc) is 3.12. The highest BCUT2D eigenvalue weighted by Gasteiger charge is 2.52.